The van der Waals surface area contributed by atoms with Crippen molar-refractivity contribution in [3.8, 4) is 0 Å². The van der Waals surface area contributed by atoms with Crippen LogP contribution in [-0.2, 0) is 6.42 Å². The van der Waals surface area contributed by atoms with Crippen LogP contribution < -0.4 is 4.90 Å². The topological polar surface area (TPSA) is 4.44 Å². The summed E-state index contributed by atoms with van der Waals surface area (Å²) in [6.07, 6.45) is 49.1. The molecule has 0 aliphatic rings. The van der Waals surface area contributed by atoms with E-state index in [0.717, 1.165) is 0 Å². The minimum Gasteiger partial charge on any atom is -0.303 e. The smallest absolute Gasteiger partial charge is 0.131 e. The third-order valence-electron chi connectivity index (χ3n) is 10.7. The van der Waals surface area contributed by atoms with Crippen molar-refractivity contribution in [2.75, 3.05) is 13.1 Å². The van der Waals surface area contributed by atoms with Gasteiger partial charge in [-0.1, -0.05) is 219 Å². The fraction of sp³-hybridized carbons (Fsp3) is 0.867. The fourth-order valence-electron chi connectivity index (χ4n) is 7.37. The van der Waals surface area contributed by atoms with E-state index >= 15 is 0 Å². The molecule has 1 atom stereocenters. The number of benzene rings is 1. The van der Waals surface area contributed by atoms with Crippen LogP contribution in [0, 0.1) is 0 Å². The zero-order valence-electron chi connectivity index (χ0n) is 32.3. The number of unbranched alkanes of at least 4 members (excludes halogenated alkanes) is 31. The minimum atomic E-state index is 1.21. The molecule has 1 rings (SSSR count). The van der Waals surface area contributed by atoms with E-state index in [0.29, 0.717) is 0 Å². The summed E-state index contributed by atoms with van der Waals surface area (Å²) in [6.45, 7) is 9.48. The highest BCUT2D eigenvalue weighted by molar-refractivity contribution is 5.32. The summed E-state index contributed by atoms with van der Waals surface area (Å²) >= 11 is 0. The maximum absolute atomic E-state index is 2.42. The average Bonchev–Trinajstić information content (AvgIpc) is 3.08. The van der Waals surface area contributed by atoms with Crippen molar-refractivity contribution < 1.29 is 4.90 Å². The molecular weight excluding hydrogens is 555 g/mol. The lowest BCUT2D eigenvalue weighted by Gasteiger charge is -2.17. The van der Waals surface area contributed by atoms with Crippen molar-refractivity contribution in [2.45, 2.75) is 239 Å². The number of rotatable bonds is 37. The third kappa shape index (κ3) is 28.2. The van der Waals surface area contributed by atoms with E-state index in [2.05, 4.69) is 45.0 Å². The standard InChI is InChI=1S/C45H85N/c1-4-7-9-11-13-15-17-19-21-23-24-26-28-30-32-34-36-38-44-39-41-45(42-40-44)46(6-3)43-37-35-33-31-29-27-25-22-20-18-16-14-12-10-8-5-2/h39-42H,4-38,43H2,1-3H3/p+1. The van der Waals surface area contributed by atoms with Crippen molar-refractivity contribution in [1.29, 1.82) is 0 Å². The summed E-state index contributed by atoms with van der Waals surface area (Å²) in [5, 5.41) is 0. The molecule has 0 aromatic heterocycles. The van der Waals surface area contributed by atoms with Gasteiger partial charge in [0.2, 0.25) is 0 Å². The summed E-state index contributed by atoms with van der Waals surface area (Å²) in [6, 6.07) is 9.69. The second-order valence-electron chi connectivity index (χ2n) is 15.1. The van der Waals surface area contributed by atoms with Gasteiger partial charge in [0, 0.05) is 0 Å². The molecule has 1 aromatic carbocycles. The van der Waals surface area contributed by atoms with Crippen molar-refractivity contribution in [2.24, 2.45) is 0 Å². The molecule has 1 heteroatoms. The molecule has 0 aliphatic carbocycles. The van der Waals surface area contributed by atoms with E-state index in [-0.39, 0.29) is 0 Å². The first-order chi connectivity index (χ1) is 22.8. The Morgan fingerprint density at radius 2 is 0.609 bits per heavy atom. The van der Waals surface area contributed by atoms with Gasteiger partial charge in [-0.05, 0) is 50.3 Å². The molecule has 0 spiro atoms. The van der Waals surface area contributed by atoms with Crippen LogP contribution in [0.25, 0.3) is 0 Å². The van der Waals surface area contributed by atoms with Crippen LogP contribution >= 0.6 is 0 Å². The molecule has 0 bridgehead atoms. The zero-order valence-corrected chi connectivity index (χ0v) is 32.3. The summed E-state index contributed by atoms with van der Waals surface area (Å²) in [5.41, 5.74) is 3.05. The maximum Gasteiger partial charge on any atom is 0.131 e. The third-order valence-corrected chi connectivity index (χ3v) is 10.7. The first-order valence-electron chi connectivity index (χ1n) is 21.8. The Morgan fingerprint density at radius 3 is 0.913 bits per heavy atom. The molecule has 0 amide bonds. The highest BCUT2D eigenvalue weighted by Gasteiger charge is 2.09. The van der Waals surface area contributed by atoms with Gasteiger partial charge in [0.15, 0.2) is 0 Å². The maximum atomic E-state index is 2.42. The lowest BCUT2D eigenvalue weighted by molar-refractivity contribution is -0.831. The van der Waals surface area contributed by atoms with Gasteiger partial charge in [0.1, 0.15) is 5.69 Å². The van der Waals surface area contributed by atoms with Crippen LogP contribution in [-0.4, -0.2) is 13.1 Å². The average molecular weight is 641 g/mol. The van der Waals surface area contributed by atoms with Gasteiger partial charge in [0.25, 0.3) is 0 Å². The molecule has 270 valence electrons. The monoisotopic (exact) mass is 641 g/mol. The summed E-state index contributed by atoms with van der Waals surface area (Å²) < 4.78 is 0. The van der Waals surface area contributed by atoms with E-state index < -0.39 is 0 Å². The van der Waals surface area contributed by atoms with Crippen LogP contribution in [0.2, 0.25) is 0 Å². The van der Waals surface area contributed by atoms with Gasteiger partial charge >= 0.3 is 0 Å². The van der Waals surface area contributed by atoms with Crippen molar-refractivity contribution >= 4 is 5.69 Å². The Labute approximate surface area is 291 Å². The van der Waals surface area contributed by atoms with E-state index in [1.165, 1.54) is 237 Å². The van der Waals surface area contributed by atoms with Gasteiger partial charge in [-0.25, -0.2) is 0 Å². The molecule has 1 N–H and O–H groups in total. The molecule has 1 aromatic rings. The molecule has 0 heterocycles. The van der Waals surface area contributed by atoms with E-state index in [1.54, 1.807) is 10.5 Å². The lowest BCUT2D eigenvalue weighted by Crippen LogP contribution is -3.06. The van der Waals surface area contributed by atoms with Crippen LogP contribution in [0.5, 0.6) is 0 Å². The van der Waals surface area contributed by atoms with E-state index in [9.17, 15) is 0 Å². The minimum absolute atomic E-state index is 1.21. The van der Waals surface area contributed by atoms with E-state index in [1.807, 2.05) is 0 Å². The molecular formula is C45H86N+. The van der Waals surface area contributed by atoms with Crippen LogP contribution in [0.15, 0.2) is 24.3 Å². The second-order valence-corrected chi connectivity index (χ2v) is 15.1. The summed E-state index contributed by atoms with van der Waals surface area (Å²) in [4.78, 5) is 1.68. The first kappa shape index (κ1) is 43.2. The zero-order chi connectivity index (χ0) is 33.0. The Hall–Kier alpha value is -0.820. The van der Waals surface area contributed by atoms with Crippen LogP contribution in [0.1, 0.15) is 238 Å². The normalized spacial score (nSPS) is 12.2. The van der Waals surface area contributed by atoms with Crippen molar-refractivity contribution in [3.63, 3.8) is 0 Å². The lowest BCUT2D eigenvalue weighted by atomic mass is 10.0. The number of aryl methyl sites for hydroxylation is 1. The Morgan fingerprint density at radius 1 is 0.326 bits per heavy atom. The van der Waals surface area contributed by atoms with Gasteiger partial charge in [-0.15, -0.1) is 0 Å². The van der Waals surface area contributed by atoms with Gasteiger partial charge in [0.05, 0.1) is 13.1 Å². The number of hydrogen-bond donors (Lipinski definition) is 1. The predicted molar refractivity (Wildman–Crippen MR) is 210 cm³/mol. The second kappa shape index (κ2) is 35.5. The first-order valence-corrected chi connectivity index (χ1v) is 21.8. The SMILES string of the molecule is CCCCCCCCCCCCCCCCCCCc1ccc([NH+](CC)CCCCCCCCCCCCCCCCCC)cc1. The molecule has 0 saturated carbocycles. The Bertz CT molecular complexity index is 693. The summed E-state index contributed by atoms with van der Waals surface area (Å²) in [7, 11) is 0. The highest BCUT2D eigenvalue weighted by atomic mass is 15.1. The number of hydrogen-bond acceptors (Lipinski definition) is 0. The van der Waals surface area contributed by atoms with Gasteiger partial charge in [-0.3, -0.25) is 0 Å². The molecule has 1 unspecified atom stereocenters. The van der Waals surface area contributed by atoms with Crippen molar-refractivity contribution in [3.05, 3.63) is 29.8 Å². The molecule has 0 radical (unpaired) electrons. The van der Waals surface area contributed by atoms with Crippen molar-refractivity contribution in [1.82, 2.24) is 0 Å². The van der Waals surface area contributed by atoms with E-state index in [4.69, 9.17) is 0 Å². The molecule has 0 fully saturated rings. The number of nitrogens with one attached hydrogen (secondary N) is 1. The number of quaternary nitrogens is 1. The summed E-state index contributed by atoms with van der Waals surface area (Å²) in [5.74, 6) is 0. The van der Waals surface area contributed by atoms with Crippen LogP contribution in [0.3, 0.4) is 0 Å². The molecule has 1 nitrogen and oxygen atoms in total. The fourth-order valence-corrected chi connectivity index (χ4v) is 7.37. The van der Waals surface area contributed by atoms with Crippen LogP contribution in [0.4, 0.5) is 5.69 Å². The molecule has 46 heavy (non-hydrogen) atoms. The quantitative estimate of drug-likeness (QED) is 0.0690. The van der Waals surface area contributed by atoms with Gasteiger partial charge in [-0.2, -0.15) is 0 Å². The van der Waals surface area contributed by atoms with Gasteiger partial charge < -0.3 is 4.90 Å². The largest absolute Gasteiger partial charge is 0.303 e. The Balaban J connectivity index is 1.91. The Kier molecular flexibility index (Phi) is 33.3. The predicted octanol–water partition coefficient (Wildman–Crippen LogP) is 14.7. The molecule has 0 aliphatic heterocycles. The highest BCUT2D eigenvalue weighted by Crippen LogP contribution is 2.16. The molecule has 0 saturated heterocycles.